The molecule has 0 unspecified atom stereocenters. The molecule has 2 N–H and O–H groups in total. The van der Waals surface area contributed by atoms with E-state index in [2.05, 4.69) is 6.92 Å². The van der Waals surface area contributed by atoms with Crippen molar-refractivity contribution < 1.29 is 19.8 Å². The molecule has 0 aliphatic carbocycles. The Labute approximate surface area is 173 Å². The predicted molar refractivity (Wildman–Crippen MR) is 117 cm³/mol. The smallest absolute Gasteiger partial charge is 0.317 e. The molecule has 0 aliphatic rings. The Morgan fingerprint density at radius 2 is 0.750 bits per heavy atom. The fraction of sp³-hybridized carbons (Fsp3) is 0.917. The second-order valence-corrected chi connectivity index (χ2v) is 8.38. The Balaban J connectivity index is 3.18. The molecule has 0 saturated carbocycles. The van der Waals surface area contributed by atoms with E-state index in [0.29, 0.717) is 6.42 Å². The summed E-state index contributed by atoms with van der Waals surface area (Å²) in [5.41, 5.74) is 0. The Morgan fingerprint density at radius 1 is 0.500 bits per heavy atom. The van der Waals surface area contributed by atoms with E-state index < -0.39 is 17.9 Å². The molecule has 0 radical (unpaired) electrons. The molecule has 0 saturated heterocycles. The minimum absolute atomic E-state index is 0.253. The number of carbonyl (C=O) groups is 2. The first-order valence-electron chi connectivity index (χ1n) is 12.0. The maximum Gasteiger partial charge on any atom is 0.317 e. The maximum atomic E-state index is 10.8. The van der Waals surface area contributed by atoms with Gasteiger partial charge in [-0.25, -0.2) is 0 Å². The Morgan fingerprint density at radius 3 is 1.00 bits per heavy atom. The van der Waals surface area contributed by atoms with Crippen LogP contribution in [0.3, 0.4) is 0 Å². The van der Waals surface area contributed by atoms with Gasteiger partial charge in [0.05, 0.1) is 0 Å². The van der Waals surface area contributed by atoms with Gasteiger partial charge in [0.1, 0.15) is 0 Å². The van der Waals surface area contributed by atoms with Gasteiger partial charge in [-0.2, -0.15) is 0 Å². The van der Waals surface area contributed by atoms with E-state index in [1.807, 2.05) is 0 Å². The number of rotatable bonds is 22. The molecular formula is C24H46O4. The summed E-state index contributed by atoms with van der Waals surface area (Å²) in [7, 11) is 0. The molecular weight excluding hydrogens is 352 g/mol. The van der Waals surface area contributed by atoms with Crippen LogP contribution in [0.25, 0.3) is 0 Å². The van der Waals surface area contributed by atoms with Crippen LogP contribution in [0.1, 0.15) is 135 Å². The molecule has 0 aromatic rings. The molecule has 28 heavy (non-hydrogen) atoms. The van der Waals surface area contributed by atoms with Crippen LogP contribution in [0.5, 0.6) is 0 Å². The molecule has 0 aromatic heterocycles. The summed E-state index contributed by atoms with van der Waals surface area (Å²) in [6, 6.07) is 0. The third-order valence-electron chi connectivity index (χ3n) is 5.69. The standard InChI is InChI=1S/C24H46O4/c1-2-3-4-5-6-7-8-9-10-11-12-13-14-15-16-17-18-19-20-21-22(23(25)26)24(27)28/h22H,2-21H2,1H3,(H,25,26)(H,27,28). The molecule has 0 rings (SSSR count). The molecule has 166 valence electrons. The van der Waals surface area contributed by atoms with Crippen LogP contribution >= 0.6 is 0 Å². The zero-order chi connectivity index (χ0) is 20.9. The van der Waals surface area contributed by atoms with Gasteiger partial charge in [-0.3, -0.25) is 9.59 Å². The summed E-state index contributed by atoms with van der Waals surface area (Å²) in [6.45, 7) is 2.27. The molecule has 0 amide bonds. The Bertz CT molecular complexity index is 354. The zero-order valence-corrected chi connectivity index (χ0v) is 18.4. The van der Waals surface area contributed by atoms with Crippen molar-refractivity contribution in [3.63, 3.8) is 0 Å². The van der Waals surface area contributed by atoms with E-state index in [9.17, 15) is 9.59 Å². The number of hydrogen-bond donors (Lipinski definition) is 2. The first-order valence-corrected chi connectivity index (χ1v) is 12.0. The Hall–Kier alpha value is -1.06. The highest BCUT2D eigenvalue weighted by Gasteiger charge is 2.24. The minimum Gasteiger partial charge on any atom is -0.481 e. The van der Waals surface area contributed by atoms with Gasteiger partial charge in [0.25, 0.3) is 0 Å². The van der Waals surface area contributed by atoms with E-state index in [0.717, 1.165) is 12.8 Å². The van der Waals surface area contributed by atoms with E-state index >= 15 is 0 Å². The molecule has 0 spiro atoms. The van der Waals surface area contributed by atoms with Crippen molar-refractivity contribution in [2.24, 2.45) is 5.92 Å². The number of aliphatic carboxylic acids is 2. The SMILES string of the molecule is CCCCCCCCCCCCCCCCCCCCCC(C(=O)O)C(=O)O. The van der Waals surface area contributed by atoms with E-state index in [1.54, 1.807) is 0 Å². The zero-order valence-electron chi connectivity index (χ0n) is 18.4. The lowest BCUT2D eigenvalue weighted by molar-refractivity contribution is -0.154. The van der Waals surface area contributed by atoms with Crippen LogP contribution in [-0.2, 0) is 9.59 Å². The van der Waals surface area contributed by atoms with Crippen molar-refractivity contribution in [3.8, 4) is 0 Å². The summed E-state index contributed by atoms with van der Waals surface area (Å²) < 4.78 is 0. The molecule has 0 heterocycles. The molecule has 0 atom stereocenters. The lowest BCUT2D eigenvalue weighted by atomic mass is 10.00. The topological polar surface area (TPSA) is 74.6 Å². The highest BCUT2D eigenvalue weighted by atomic mass is 16.4. The molecule has 0 aliphatic heterocycles. The first-order chi connectivity index (χ1) is 13.6. The average Bonchev–Trinajstić information content (AvgIpc) is 2.65. The van der Waals surface area contributed by atoms with Crippen molar-refractivity contribution in [1.82, 2.24) is 0 Å². The predicted octanol–water partition coefficient (Wildman–Crippen LogP) is 7.59. The summed E-state index contributed by atoms with van der Waals surface area (Å²) in [6.07, 6.45) is 24.9. The highest BCUT2D eigenvalue weighted by molar-refractivity contribution is 5.92. The molecule has 0 fully saturated rings. The van der Waals surface area contributed by atoms with Gasteiger partial charge in [-0.15, -0.1) is 0 Å². The van der Waals surface area contributed by atoms with Crippen molar-refractivity contribution >= 4 is 11.9 Å². The van der Waals surface area contributed by atoms with Gasteiger partial charge in [0.15, 0.2) is 5.92 Å². The van der Waals surface area contributed by atoms with E-state index in [-0.39, 0.29) is 6.42 Å². The van der Waals surface area contributed by atoms with Gasteiger partial charge in [-0.05, 0) is 6.42 Å². The monoisotopic (exact) mass is 398 g/mol. The van der Waals surface area contributed by atoms with Gasteiger partial charge in [-0.1, -0.05) is 129 Å². The minimum atomic E-state index is -1.23. The second-order valence-electron chi connectivity index (χ2n) is 8.38. The molecule has 4 heteroatoms. The summed E-state index contributed by atoms with van der Waals surface area (Å²) >= 11 is 0. The van der Waals surface area contributed by atoms with E-state index in [4.69, 9.17) is 10.2 Å². The maximum absolute atomic E-state index is 10.8. The van der Waals surface area contributed by atoms with Gasteiger partial charge in [0.2, 0.25) is 0 Å². The van der Waals surface area contributed by atoms with Crippen LogP contribution in [0.2, 0.25) is 0 Å². The average molecular weight is 399 g/mol. The van der Waals surface area contributed by atoms with Crippen LogP contribution in [-0.4, -0.2) is 22.2 Å². The van der Waals surface area contributed by atoms with Crippen molar-refractivity contribution in [2.75, 3.05) is 0 Å². The van der Waals surface area contributed by atoms with Crippen LogP contribution in [0.4, 0.5) is 0 Å². The van der Waals surface area contributed by atoms with Crippen molar-refractivity contribution in [2.45, 2.75) is 135 Å². The number of carboxylic acid groups (broad SMARTS) is 2. The van der Waals surface area contributed by atoms with Crippen LogP contribution < -0.4 is 0 Å². The van der Waals surface area contributed by atoms with E-state index in [1.165, 1.54) is 103 Å². The molecule has 4 nitrogen and oxygen atoms in total. The first kappa shape index (κ1) is 26.9. The lowest BCUT2D eigenvalue weighted by Crippen LogP contribution is -2.23. The second kappa shape index (κ2) is 20.7. The van der Waals surface area contributed by atoms with Gasteiger partial charge >= 0.3 is 11.9 Å². The third-order valence-corrected chi connectivity index (χ3v) is 5.69. The molecule has 0 aromatic carbocycles. The normalized spacial score (nSPS) is 11.2. The fourth-order valence-electron chi connectivity index (χ4n) is 3.78. The third kappa shape index (κ3) is 18.3. The van der Waals surface area contributed by atoms with Crippen molar-refractivity contribution in [1.29, 1.82) is 0 Å². The lowest BCUT2D eigenvalue weighted by Gasteiger charge is -2.07. The summed E-state index contributed by atoms with van der Waals surface area (Å²) in [4.78, 5) is 21.6. The summed E-state index contributed by atoms with van der Waals surface area (Å²) in [5, 5.41) is 17.6. The highest BCUT2D eigenvalue weighted by Crippen LogP contribution is 2.16. The van der Waals surface area contributed by atoms with Gasteiger partial charge in [0, 0.05) is 0 Å². The number of unbranched alkanes of at least 4 members (excludes halogenated alkanes) is 18. The quantitative estimate of drug-likeness (QED) is 0.145. The van der Waals surface area contributed by atoms with Crippen LogP contribution in [0, 0.1) is 5.92 Å². The van der Waals surface area contributed by atoms with Crippen LogP contribution in [0.15, 0.2) is 0 Å². The molecule has 0 bridgehead atoms. The fourth-order valence-corrected chi connectivity index (χ4v) is 3.78. The largest absolute Gasteiger partial charge is 0.481 e. The number of carboxylic acids is 2. The summed E-state index contributed by atoms with van der Waals surface area (Å²) in [5.74, 6) is -3.66. The van der Waals surface area contributed by atoms with Gasteiger partial charge < -0.3 is 10.2 Å². The Kier molecular flexibility index (Phi) is 19.9. The van der Waals surface area contributed by atoms with Crippen molar-refractivity contribution in [3.05, 3.63) is 0 Å². The number of hydrogen-bond acceptors (Lipinski definition) is 2.